The molecule has 0 aromatic heterocycles. The molecule has 0 radical (unpaired) electrons. The second-order valence-electron chi connectivity index (χ2n) is 2.60. The summed E-state index contributed by atoms with van der Waals surface area (Å²) in [4.78, 5) is 10.8. The third kappa shape index (κ3) is 9.34. The fourth-order valence-electron chi connectivity index (χ4n) is 0.778. The van der Waals surface area contributed by atoms with E-state index in [1.54, 1.807) is 0 Å². The molecule has 0 heterocycles. The Balaban J connectivity index is 3.09. The van der Waals surface area contributed by atoms with Crippen LogP contribution in [0.5, 0.6) is 0 Å². The maximum Gasteiger partial charge on any atom is 0.261 e. The molecule has 0 atom stereocenters. The number of carbonyl (C=O) groups excluding carboxylic acids is 1. The molecule has 0 aliphatic carbocycles. The van der Waals surface area contributed by atoms with Crippen LogP contribution in [0.1, 0.15) is 6.92 Å². The number of halogens is 2. The zero-order valence-corrected chi connectivity index (χ0v) is 8.19. The fourth-order valence-corrected chi connectivity index (χ4v) is 0.778. The van der Waals surface area contributed by atoms with Gasteiger partial charge in [0, 0.05) is 13.1 Å². The highest BCUT2D eigenvalue weighted by atomic mass is 19.3. The van der Waals surface area contributed by atoms with Crippen molar-refractivity contribution >= 4 is 5.91 Å². The van der Waals surface area contributed by atoms with Crippen molar-refractivity contribution in [1.29, 1.82) is 0 Å². The standard InChI is InChI=1S/C8H16F2N2O2/c1-2-12-8(13)5-11-3-4-14-6-7(9)10/h7,11H,2-6H2,1H3,(H,12,13). The Bertz CT molecular complexity index is 156. The molecule has 2 N–H and O–H groups in total. The van der Waals surface area contributed by atoms with Crippen molar-refractivity contribution in [2.45, 2.75) is 13.3 Å². The van der Waals surface area contributed by atoms with E-state index >= 15 is 0 Å². The predicted octanol–water partition coefficient (Wildman–Crippen LogP) is -0.00620. The van der Waals surface area contributed by atoms with E-state index in [-0.39, 0.29) is 19.1 Å². The number of hydrogen-bond acceptors (Lipinski definition) is 3. The summed E-state index contributed by atoms with van der Waals surface area (Å²) in [6, 6.07) is 0. The predicted molar refractivity (Wildman–Crippen MR) is 48.4 cm³/mol. The van der Waals surface area contributed by atoms with Crippen LogP contribution in [-0.4, -0.2) is 45.2 Å². The van der Waals surface area contributed by atoms with Crippen LogP contribution < -0.4 is 10.6 Å². The summed E-state index contributed by atoms with van der Waals surface area (Å²) >= 11 is 0. The van der Waals surface area contributed by atoms with Crippen LogP contribution in [0.25, 0.3) is 0 Å². The average molecular weight is 210 g/mol. The monoisotopic (exact) mass is 210 g/mol. The molecule has 0 bridgehead atoms. The summed E-state index contributed by atoms with van der Waals surface area (Å²) in [6.45, 7) is 2.62. The summed E-state index contributed by atoms with van der Waals surface area (Å²) in [7, 11) is 0. The number of ether oxygens (including phenoxy) is 1. The lowest BCUT2D eigenvalue weighted by molar-refractivity contribution is -0.120. The molecule has 6 heteroatoms. The summed E-state index contributed by atoms with van der Waals surface area (Å²) in [5.74, 6) is -0.110. The van der Waals surface area contributed by atoms with Gasteiger partial charge >= 0.3 is 0 Å². The van der Waals surface area contributed by atoms with Gasteiger partial charge in [-0.1, -0.05) is 0 Å². The summed E-state index contributed by atoms with van der Waals surface area (Å²) in [6.07, 6.45) is -2.43. The molecule has 0 unspecified atom stereocenters. The molecule has 0 fully saturated rings. The lowest BCUT2D eigenvalue weighted by atomic mass is 10.5. The van der Waals surface area contributed by atoms with Gasteiger partial charge in [-0.2, -0.15) is 0 Å². The minimum Gasteiger partial charge on any atom is -0.374 e. The highest BCUT2D eigenvalue weighted by Crippen LogP contribution is 1.90. The van der Waals surface area contributed by atoms with Crippen LogP contribution in [0, 0.1) is 0 Å². The zero-order valence-electron chi connectivity index (χ0n) is 8.19. The molecule has 1 amide bonds. The van der Waals surface area contributed by atoms with Crippen LogP contribution in [0.4, 0.5) is 8.78 Å². The number of hydrogen-bond donors (Lipinski definition) is 2. The molecule has 0 aliphatic rings. The highest BCUT2D eigenvalue weighted by molar-refractivity contribution is 5.77. The lowest BCUT2D eigenvalue weighted by Gasteiger charge is -2.05. The van der Waals surface area contributed by atoms with E-state index in [0.29, 0.717) is 13.1 Å². The first-order valence-electron chi connectivity index (χ1n) is 4.50. The average Bonchev–Trinajstić information content (AvgIpc) is 2.11. The summed E-state index contributed by atoms with van der Waals surface area (Å²) in [5, 5.41) is 5.35. The van der Waals surface area contributed by atoms with Crippen molar-refractivity contribution in [3.63, 3.8) is 0 Å². The maximum absolute atomic E-state index is 11.6. The smallest absolute Gasteiger partial charge is 0.261 e. The third-order valence-corrected chi connectivity index (χ3v) is 1.33. The van der Waals surface area contributed by atoms with Crippen LogP contribution >= 0.6 is 0 Å². The molecule has 0 rings (SSSR count). The van der Waals surface area contributed by atoms with Crippen molar-refractivity contribution in [1.82, 2.24) is 10.6 Å². The van der Waals surface area contributed by atoms with Gasteiger partial charge in [0.25, 0.3) is 6.43 Å². The highest BCUT2D eigenvalue weighted by Gasteiger charge is 2.01. The van der Waals surface area contributed by atoms with E-state index in [4.69, 9.17) is 0 Å². The molecule has 0 aliphatic heterocycles. The Morgan fingerprint density at radius 3 is 2.79 bits per heavy atom. The number of amides is 1. The van der Waals surface area contributed by atoms with Crippen molar-refractivity contribution in [3.05, 3.63) is 0 Å². The Hall–Kier alpha value is -0.750. The quantitative estimate of drug-likeness (QED) is 0.554. The van der Waals surface area contributed by atoms with Gasteiger partial charge in [-0.3, -0.25) is 4.79 Å². The number of alkyl halides is 2. The molecule has 84 valence electrons. The van der Waals surface area contributed by atoms with E-state index in [1.807, 2.05) is 6.92 Å². The minimum atomic E-state index is -2.43. The topological polar surface area (TPSA) is 50.4 Å². The van der Waals surface area contributed by atoms with E-state index in [9.17, 15) is 13.6 Å². The maximum atomic E-state index is 11.6. The van der Waals surface area contributed by atoms with E-state index in [2.05, 4.69) is 15.4 Å². The molecule has 0 spiro atoms. The molecule has 4 nitrogen and oxygen atoms in total. The van der Waals surface area contributed by atoms with Crippen molar-refractivity contribution in [3.8, 4) is 0 Å². The van der Waals surface area contributed by atoms with E-state index < -0.39 is 13.0 Å². The van der Waals surface area contributed by atoms with Crippen LogP contribution in [0.15, 0.2) is 0 Å². The minimum absolute atomic E-state index is 0.110. The second-order valence-corrected chi connectivity index (χ2v) is 2.60. The Morgan fingerprint density at radius 1 is 1.50 bits per heavy atom. The largest absolute Gasteiger partial charge is 0.374 e. The molecule has 0 aromatic carbocycles. The summed E-state index contributed by atoms with van der Waals surface area (Å²) in [5.41, 5.74) is 0. The van der Waals surface area contributed by atoms with Crippen LogP contribution in [-0.2, 0) is 9.53 Å². The first-order chi connectivity index (χ1) is 6.66. The van der Waals surface area contributed by atoms with Gasteiger partial charge in [0.05, 0.1) is 13.2 Å². The first-order valence-corrected chi connectivity index (χ1v) is 4.50. The Kier molecular flexibility index (Phi) is 8.36. The van der Waals surface area contributed by atoms with E-state index in [0.717, 1.165) is 0 Å². The third-order valence-electron chi connectivity index (χ3n) is 1.33. The molecule has 0 aromatic rings. The number of likely N-dealkylation sites (N-methyl/N-ethyl adjacent to an activating group) is 1. The molecule has 0 saturated heterocycles. The SMILES string of the molecule is CCNC(=O)CNCCOCC(F)F. The van der Waals surface area contributed by atoms with Gasteiger partial charge in [0.15, 0.2) is 0 Å². The normalized spacial score (nSPS) is 10.6. The number of carbonyl (C=O) groups is 1. The Labute approximate surface area is 82.0 Å². The van der Waals surface area contributed by atoms with Gasteiger partial charge in [-0.05, 0) is 6.92 Å². The Morgan fingerprint density at radius 2 is 2.21 bits per heavy atom. The lowest BCUT2D eigenvalue weighted by Crippen LogP contribution is -2.35. The van der Waals surface area contributed by atoms with Gasteiger partial charge in [-0.25, -0.2) is 8.78 Å². The second kappa shape index (κ2) is 8.83. The van der Waals surface area contributed by atoms with Crippen molar-refractivity contribution in [2.24, 2.45) is 0 Å². The first kappa shape index (κ1) is 13.2. The molecular formula is C8H16F2N2O2. The van der Waals surface area contributed by atoms with Crippen molar-refractivity contribution < 1.29 is 18.3 Å². The van der Waals surface area contributed by atoms with Crippen LogP contribution in [0.2, 0.25) is 0 Å². The zero-order chi connectivity index (χ0) is 10.8. The molecular weight excluding hydrogens is 194 g/mol. The van der Waals surface area contributed by atoms with Gasteiger partial charge in [-0.15, -0.1) is 0 Å². The van der Waals surface area contributed by atoms with Crippen molar-refractivity contribution in [2.75, 3.05) is 32.8 Å². The van der Waals surface area contributed by atoms with Gasteiger partial charge in [0.1, 0.15) is 6.61 Å². The van der Waals surface area contributed by atoms with Gasteiger partial charge < -0.3 is 15.4 Å². The van der Waals surface area contributed by atoms with Gasteiger partial charge in [0.2, 0.25) is 5.91 Å². The van der Waals surface area contributed by atoms with Crippen LogP contribution in [0.3, 0.4) is 0 Å². The number of nitrogens with one attached hydrogen (secondary N) is 2. The summed E-state index contributed by atoms with van der Waals surface area (Å²) < 4.78 is 27.7. The van der Waals surface area contributed by atoms with E-state index in [1.165, 1.54) is 0 Å². The molecule has 14 heavy (non-hydrogen) atoms. The fraction of sp³-hybridized carbons (Fsp3) is 0.875. The molecule has 0 saturated carbocycles. The number of rotatable bonds is 8.